The molecule has 1 aliphatic heterocycles. The number of hydrogen-bond donors (Lipinski definition) is 0. The second kappa shape index (κ2) is 12.2. The van der Waals surface area contributed by atoms with E-state index < -0.39 is 0 Å². The average Bonchev–Trinajstić information content (AvgIpc) is 3.37. The van der Waals surface area contributed by atoms with Crippen LogP contribution in [0.4, 0.5) is 0 Å². The molecule has 0 saturated carbocycles. The van der Waals surface area contributed by atoms with Gasteiger partial charge in [-0.05, 0) is 77.6 Å². The Kier molecular flexibility index (Phi) is 8.00. The lowest BCUT2D eigenvalue weighted by molar-refractivity contribution is 0.284. The number of thiazole rings is 1. The van der Waals surface area contributed by atoms with Crippen molar-refractivity contribution in [2.75, 3.05) is 14.2 Å². The lowest BCUT2D eigenvalue weighted by atomic mass is 9.83. The van der Waals surface area contributed by atoms with E-state index in [2.05, 4.69) is 24.3 Å². The molecular formula is C36H28Cl2N2O4S. The molecule has 1 aliphatic carbocycles. The quantitative estimate of drug-likeness (QED) is 0.186. The average molecular weight is 656 g/mol. The molecule has 226 valence electrons. The van der Waals surface area contributed by atoms with Crippen molar-refractivity contribution >= 4 is 46.3 Å². The Labute approximate surface area is 274 Å². The summed E-state index contributed by atoms with van der Waals surface area (Å²) < 4.78 is 19.7. The second-order valence-electron chi connectivity index (χ2n) is 10.8. The van der Waals surface area contributed by atoms with E-state index in [0.29, 0.717) is 30.9 Å². The molecule has 0 bridgehead atoms. The second-order valence-corrected chi connectivity index (χ2v) is 12.7. The van der Waals surface area contributed by atoms with Crippen LogP contribution in [0.15, 0.2) is 100 Å². The first-order valence-corrected chi connectivity index (χ1v) is 16.0. The van der Waals surface area contributed by atoms with Gasteiger partial charge in [-0.2, -0.15) is 0 Å². The number of aromatic nitrogens is 1. The molecule has 7 rings (SSSR count). The van der Waals surface area contributed by atoms with Crippen molar-refractivity contribution in [3.8, 4) is 17.2 Å². The SMILES string of the molecule is COc1cccc([C@@H]2C3=C(N=c4s/c(=C/c5ccc(OCc6ccc(Cl)cc6Cl)c(OC)c5)c(=O)n42)c2ccccc2CC3)c1. The molecule has 9 heteroatoms. The molecule has 2 heterocycles. The standard InChI is InChI=1S/C36H28Cl2N2O4S/c1-42-26-8-5-7-23(18-26)34-28-14-12-22-6-3-4-9-27(22)33(28)39-36-40(34)35(41)32(45-36)17-21-10-15-30(31(16-21)43-2)44-20-24-11-13-25(37)19-29(24)38/h3-11,13,15-19,34H,12,14,20H2,1-2H3/b32-17+/t34-/m1/s1. The van der Waals surface area contributed by atoms with Crippen molar-refractivity contribution in [1.82, 2.24) is 4.57 Å². The molecule has 0 spiro atoms. The first-order chi connectivity index (χ1) is 21.9. The number of ether oxygens (including phenoxy) is 3. The van der Waals surface area contributed by atoms with Crippen LogP contribution < -0.4 is 29.1 Å². The molecular weight excluding hydrogens is 627 g/mol. The van der Waals surface area contributed by atoms with Crippen LogP contribution in [0.1, 0.15) is 40.3 Å². The Morgan fingerprint density at radius 2 is 1.80 bits per heavy atom. The summed E-state index contributed by atoms with van der Waals surface area (Å²) in [6.45, 7) is 0.252. The number of benzene rings is 4. The van der Waals surface area contributed by atoms with Crippen LogP contribution in [-0.4, -0.2) is 18.8 Å². The minimum atomic E-state index is -0.285. The third-order valence-corrected chi connectivity index (χ3v) is 9.74. The largest absolute Gasteiger partial charge is 0.497 e. The zero-order valence-corrected chi connectivity index (χ0v) is 26.9. The van der Waals surface area contributed by atoms with Gasteiger partial charge in [0.2, 0.25) is 0 Å². The Hall–Kier alpha value is -4.30. The predicted octanol–water partition coefficient (Wildman–Crippen LogP) is 7.22. The van der Waals surface area contributed by atoms with Crippen LogP contribution in [-0.2, 0) is 13.0 Å². The number of nitrogens with zero attached hydrogens (tertiary/aromatic N) is 2. The molecule has 0 saturated heterocycles. The fourth-order valence-corrected chi connectivity index (χ4v) is 7.44. The lowest BCUT2D eigenvalue weighted by Gasteiger charge is -2.31. The Morgan fingerprint density at radius 3 is 2.62 bits per heavy atom. The fraction of sp³-hybridized carbons (Fsp3) is 0.167. The number of hydrogen-bond acceptors (Lipinski definition) is 6. The molecule has 6 nitrogen and oxygen atoms in total. The van der Waals surface area contributed by atoms with Crippen molar-refractivity contribution in [2.24, 2.45) is 4.99 Å². The van der Waals surface area contributed by atoms with E-state index in [4.69, 9.17) is 42.4 Å². The summed E-state index contributed by atoms with van der Waals surface area (Å²) in [6.07, 6.45) is 3.60. The van der Waals surface area contributed by atoms with Crippen molar-refractivity contribution < 1.29 is 14.2 Å². The van der Waals surface area contributed by atoms with Gasteiger partial charge in [0.1, 0.15) is 12.4 Å². The number of rotatable bonds is 7. The molecule has 0 radical (unpaired) electrons. The smallest absolute Gasteiger partial charge is 0.271 e. The van der Waals surface area contributed by atoms with Gasteiger partial charge in [0.15, 0.2) is 16.3 Å². The van der Waals surface area contributed by atoms with E-state index >= 15 is 0 Å². The molecule has 5 aromatic rings. The zero-order valence-electron chi connectivity index (χ0n) is 24.6. The lowest BCUT2D eigenvalue weighted by Crippen LogP contribution is -2.38. The summed E-state index contributed by atoms with van der Waals surface area (Å²) in [5.74, 6) is 1.85. The van der Waals surface area contributed by atoms with Gasteiger partial charge in [0.05, 0.1) is 30.5 Å². The van der Waals surface area contributed by atoms with Gasteiger partial charge in [0, 0.05) is 21.2 Å². The number of fused-ring (bicyclic) bond motifs is 3. The summed E-state index contributed by atoms with van der Waals surface area (Å²) in [5.41, 5.74) is 7.03. The van der Waals surface area contributed by atoms with Gasteiger partial charge in [-0.25, -0.2) is 4.99 Å². The molecule has 4 aromatic carbocycles. The van der Waals surface area contributed by atoms with Gasteiger partial charge in [-0.1, -0.05) is 83.1 Å². The highest BCUT2D eigenvalue weighted by molar-refractivity contribution is 7.07. The molecule has 2 aliphatic rings. The van der Waals surface area contributed by atoms with Crippen LogP contribution in [0.25, 0.3) is 11.8 Å². The third kappa shape index (κ3) is 5.56. The van der Waals surface area contributed by atoms with E-state index in [1.165, 1.54) is 16.9 Å². The van der Waals surface area contributed by atoms with E-state index in [0.717, 1.165) is 52.1 Å². The Bertz CT molecular complexity index is 2170. The van der Waals surface area contributed by atoms with E-state index in [-0.39, 0.29) is 18.2 Å². The van der Waals surface area contributed by atoms with Gasteiger partial charge in [-0.3, -0.25) is 9.36 Å². The summed E-state index contributed by atoms with van der Waals surface area (Å²) in [6, 6.07) is 27.0. The van der Waals surface area contributed by atoms with E-state index in [1.54, 1.807) is 26.4 Å². The van der Waals surface area contributed by atoms with E-state index in [1.807, 2.05) is 59.2 Å². The van der Waals surface area contributed by atoms with Gasteiger partial charge in [0.25, 0.3) is 5.56 Å². The number of halogens is 2. The monoisotopic (exact) mass is 654 g/mol. The third-order valence-electron chi connectivity index (χ3n) is 8.17. The Morgan fingerprint density at radius 1 is 0.933 bits per heavy atom. The molecule has 1 aromatic heterocycles. The minimum Gasteiger partial charge on any atom is -0.497 e. The summed E-state index contributed by atoms with van der Waals surface area (Å²) >= 11 is 13.7. The van der Waals surface area contributed by atoms with Crippen LogP contribution in [0.3, 0.4) is 0 Å². The highest BCUT2D eigenvalue weighted by Gasteiger charge is 2.32. The normalized spacial score (nSPS) is 15.6. The Balaban J connectivity index is 1.30. The van der Waals surface area contributed by atoms with Gasteiger partial charge >= 0.3 is 0 Å². The van der Waals surface area contributed by atoms with Gasteiger partial charge in [-0.15, -0.1) is 0 Å². The molecule has 0 unspecified atom stereocenters. The maximum absolute atomic E-state index is 14.2. The molecule has 0 amide bonds. The molecule has 0 N–H and O–H groups in total. The van der Waals surface area contributed by atoms with Crippen LogP contribution >= 0.6 is 34.5 Å². The first kappa shape index (κ1) is 29.4. The maximum Gasteiger partial charge on any atom is 0.271 e. The summed E-state index contributed by atoms with van der Waals surface area (Å²) in [4.78, 5) is 19.9. The number of aryl methyl sites for hydroxylation is 1. The van der Waals surface area contributed by atoms with Crippen LogP contribution in [0.2, 0.25) is 10.0 Å². The highest BCUT2D eigenvalue weighted by atomic mass is 35.5. The molecule has 1 atom stereocenters. The van der Waals surface area contributed by atoms with Crippen LogP contribution in [0, 0.1) is 0 Å². The maximum atomic E-state index is 14.2. The number of methoxy groups -OCH3 is 2. The topological polar surface area (TPSA) is 62.0 Å². The van der Waals surface area contributed by atoms with Crippen molar-refractivity contribution in [2.45, 2.75) is 25.5 Å². The first-order valence-electron chi connectivity index (χ1n) is 14.5. The minimum absolute atomic E-state index is 0.0892. The van der Waals surface area contributed by atoms with Crippen molar-refractivity contribution in [1.29, 1.82) is 0 Å². The summed E-state index contributed by atoms with van der Waals surface area (Å²) in [7, 11) is 3.25. The fourth-order valence-electron chi connectivity index (χ4n) is 5.97. The highest BCUT2D eigenvalue weighted by Crippen LogP contribution is 2.41. The zero-order chi connectivity index (χ0) is 31.1. The van der Waals surface area contributed by atoms with Gasteiger partial charge < -0.3 is 14.2 Å². The van der Waals surface area contributed by atoms with Crippen LogP contribution in [0.5, 0.6) is 17.2 Å². The van der Waals surface area contributed by atoms with Crippen molar-refractivity contribution in [3.05, 3.63) is 148 Å². The summed E-state index contributed by atoms with van der Waals surface area (Å²) in [5, 5.41) is 1.10. The van der Waals surface area contributed by atoms with Crippen molar-refractivity contribution in [3.63, 3.8) is 0 Å². The molecule has 0 fully saturated rings. The van der Waals surface area contributed by atoms with E-state index in [9.17, 15) is 4.79 Å². The number of allylic oxidation sites excluding steroid dienone is 1. The predicted molar refractivity (Wildman–Crippen MR) is 180 cm³/mol. The molecule has 45 heavy (non-hydrogen) atoms.